The lowest BCUT2D eigenvalue weighted by Crippen LogP contribution is -2.23. The van der Waals surface area contributed by atoms with Crippen LogP contribution in [0.3, 0.4) is 0 Å². The Morgan fingerprint density at radius 2 is 2.28 bits per heavy atom. The van der Waals surface area contributed by atoms with Crippen LogP contribution in [0.5, 0.6) is 0 Å². The summed E-state index contributed by atoms with van der Waals surface area (Å²) in [4.78, 5) is 22.8. The summed E-state index contributed by atoms with van der Waals surface area (Å²) in [6, 6.07) is 0. The molecule has 0 amide bonds. The Morgan fingerprint density at radius 1 is 1.56 bits per heavy atom. The molecule has 1 N–H and O–H groups in total. The highest BCUT2D eigenvalue weighted by Crippen LogP contribution is 2.14. The van der Waals surface area contributed by atoms with Crippen molar-refractivity contribution in [3.63, 3.8) is 0 Å². The molecular weight excluding hydrogens is 258 g/mol. The number of aromatic nitrogens is 2. The van der Waals surface area contributed by atoms with E-state index in [0.29, 0.717) is 25.4 Å². The number of nitrogens with zero attached hydrogens (tertiary/aromatic N) is 2. The van der Waals surface area contributed by atoms with Gasteiger partial charge in [-0.15, -0.1) is 0 Å². The highest BCUT2D eigenvalue weighted by Gasteiger charge is 2.08. The SMILES string of the molecule is CCOC(=O)CCNc1cnn(CC)c(=O)c1Cl. The van der Waals surface area contributed by atoms with Gasteiger partial charge in [-0.3, -0.25) is 9.59 Å². The molecule has 7 heteroatoms. The van der Waals surface area contributed by atoms with Gasteiger partial charge in [0.1, 0.15) is 5.02 Å². The first-order valence-corrected chi connectivity index (χ1v) is 6.13. The highest BCUT2D eigenvalue weighted by atomic mass is 35.5. The van der Waals surface area contributed by atoms with Crippen LogP contribution in [0.4, 0.5) is 5.69 Å². The Bertz CT molecular complexity index is 473. The average Bonchev–Trinajstić information content (AvgIpc) is 2.35. The number of anilines is 1. The first-order valence-electron chi connectivity index (χ1n) is 5.75. The number of carbonyl (C=O) groups excluding carboxylic acids is 1. The van der Waals surface area contributed by atoms with Gasteiger partial charge in [-0.1, -0.05) is 11.6 Å². The number of carbonyl (C=O) groups is 1. The maximum atomic E-state index is 11.7. The predicted molar refractivity (Wildman–Crippen MR) is 68.9 cm³/mol. The summed E-state index contributed by atoms with van der Waals surface area (Å²) in [5, 5.41) is 6.90. The lowest BCUT2D eigenvalue weighted by atomic mass is 10.4. The number of aryl methyl sites for hydroxylation is 1. The zero-order valence-electron chi connectivity index (χ0n) is 10.4. The van der Waals surface area contributed by atoms with Crippen LogP contribution in [0, 0.1) is 0 Å². The van der Waals surface area contributed by atoms with Crippen LogP contribution in [0.25, 0.3) is 0 Å². The molecule has 0 aliphatic rings. The fraction of sp³-hybridized carbons (Fsp3) is 0.545. The van der Waals surface area contributed by atoms with Gasteiger partial charge in [-0.25, -0.2) is 4.68 Å². The number of ether oxygens (including phenoxy) is 1. The Balaban J connectivity index is 2.61. The van der Waals surface area contributed by atoms with Crippen LogP contribution in [0.2, 0.25) is 5.02 Å². The zero-order valence-corrected chi connectivity index (χ0v) is 11.2. The monoisotopic (exact) mass is 273 g/mol. The summed E-state index contributed by atoms with van der Waals surface area (Å²) < 4.78 is 6.04. The lowest BCUT2D eigenvalue weighted by molar-refractivity contribution is -0.142. The second kappa shape index (κ2) is 7.00. The smallest absolute Gasteiger partial charge is 0.307 e. The van der Waals surface area contributed by atoms with Crippen molar-refractivity contribution in [1.82, 2.24) is 9.78 Å². The summed E-state index contributed by atoms with van der Waals surface area (Å²) in [6.45, 7) is 4.71. The van der Waals surface area contributed by atoms with Gasteiger partial charge in [0.05, 0.1) is 24.9 Å². The molecule has 18 heavy (non-hydrogen) atoms. The second-order valence-electron chi connectivity index (χ2n) is 3.47. The van der Waals surface area contributed by atoms with Crippen LogP contribution >= 0.6 is 11.6 Å². The molecular formula is C11H16ClN3O3. The first-order chi connectivity index (χ1) is 8.60. The largest absolute Gasteiger partial charge is 0.466 e. The quantitative estimate of drug-likeness (QED) is 0.791. The molecule has 1 heterocycles. The minimum absolute atomic E-state index is 0.0794. The van der Waals surface area contributed by atoms with Crippen LogP contribution in [0.1, 0.15) is 20.3 Å². The molecule has 0 radical (unpaired) electrons. The van der Waals surface area contributed by atoms with Crippen LogP contribution in [0.15, 0.2) is 11.0 Å². The predicted octanol–water partition coefficient (Wildman–Crippen LogP) is 1.28. The minimum atomic E-state index is -0.347. The van der Waals surface area contributed by atoms with Crippen molar-refractivity contribution in [2.45, 2.75) is 26.8 Å². The third-order valence-corrected chi connectivity index (χ3v) is 2.60. The third-order valence-electron chi connectivity index (χ3n) is 2.23. The van der Waals surface area contributed by atoms with E-state index in [2.05, 4.69) is 10.4 Å². The standard InChI is InChI=1S/C11H16ClN3O3/c1-3-15-11(17)10(12)8(7-14-15)13-6-5-9(16)18-4-2/h7,13H,3-6H2,1-2H3. The van der Waals surface area contributed by atoms with E-state index in [1.165, 1.54) is 10.9 Å². The number of hydrogen-bond acceptors (Lipinski definition) is 5. The highest BCUT2D eigenvalue weighted by molar-refractivity contribution is 6.32. The Labute approximate surface area is 110 Å². The Morgan fingerprint density at radius 3 is 2.89 bits per heavy atom. The van der Waals surface area contributed by atoms with E-state index in [9.17, 15) is 9.59 Å². The molecule has 0 atom stereocenters. The first kappa shape index (κ1) is 14.5. The number of halogens is 1. The van der Waals surface area contributed by atoms with Crippen LogP contribution < -0.4 is 10.9 Å². The molecule has 0 fully saturated rings. The number of hydrogen-bond donors (Lipinski definition) is 1. The normalized spacial score (nSPS) is 10.2. The van der Waals surface area contributed by atoms with Crippen molar-refractivity contribution in [3.8, 4) is 0 Å². The molecule has 0 aliphatic carbocycles. The fourth-order valence-electron chi connectivity index (χ4n) is 1.35. The maximum absolute atomic E-state index is 11.7. The summed E-state index contributed by atoms with van der Waals surface area (Å²) in [5.74, 6) is -0.295. The molecule has 1 rings (SSSR count). The number of esters is 1. The van der Waals surface area contributed by atoms with Crippen molar-refractivity contribution in [3.05, 3.63) is 21.6 Å². The average molecular weight is 274 g/mol. The minimum Gasteiger partial charge on any atom is -0.466 e. The Hall–Kier alpha value is -1.56. The second-order valence-corrected chi connectivity index (χ2v) is 3.85. The van der Waals surface area contributed by atoms with Crippen molar-refractivity contribution >= 4 is 23.3 Å². The summed E-state index contributed by atoms with van der Waals surface area (Å²) >= 11 is 5.90. The van der Waals surface area contributed by atoms with E-state index < -0.39 is 0 Å². The van der Waals surface area contributed by atoms with Gasteiger partial charge >= 0.3 is 5.97 Å². The topological polar surface area (TPSA) is 73.2 Å². The van der Waals surface area contributed by atoms with Gasteiger partial charge in [-0.05, 0) is 13.8 Å². The molecule has 0 saturated heterocycles. The van der Waals surface area contributed by atoms with E-state index in [1.54, 1.807) is 13.8 Å². The van der Waals surface area contributed by atoms with E-state index in [4.69, 9.17) is 16.3 Å². The van der Waals surface area contributed by atoms with Crippen LogP contribution in [-0.4, -0.2) is 28.9 Å². The fourth-order valence-corrected chi connectivity index (χ4v) is 1.56. The molecule has 6 nitrogen and oxygen atoms in total. The maximum Gasteiger partial charge on any atom is 0.307 e. The molecule has 1 aromatic heterocycles. The van der Waals surface area contributed by atoms with Gasteiger partial charge < -0.3 is 10.1 Å². The summed E-state index contributed by atoms with van der Waals surface area (Å²) in [7, 11) is 0. The Kier molecular flexibility index (Phi) is 5.64. The van der Waals surface area contributed by atoms with Gasteiger partial charge in [0.25, 0.3) is 5.56 Å². The van der Waals surface area contributed by atoms with Crippen molar-refractivity contribution in [2.24, 2.45) is 0 Å². The number of nitrogens with one attached hydrogen (secondary N) is 1. The van der Waals surface area contributed by atoms with E-state index >= 15 is 0 Å². The van der Waals surface area contributed by atoms with Gasteiger partial charge in [0.2, 0.25) is 0 Å². The number of rotatable bonds is 6. The molecule has 1 aromatic rings. The third kappa shape index (κ3) is 3.73. The summed E-state index contributed by atoms with van der Waals surface area (Å²) in [6.07, 6.45) is 1.68. The van der Waals surface area contributed by atoms with Crippen molar-refractivity contribution in [1.29, 1.82) is 0 Å². The van der Waals surface area contributed by atoms with E-state index in [0.717, 1.165) is 0 Å². The molecule has 0 saturated carbocycles. The zero-order chi connectivity index (χ0) is 13.5. The van der Waals surface area contributed by atoms with Gasteiger partial charge in [0, 0.05) is 13.1 Å². The van der Waals surface area contributed by atoms with Crippen LogP contribution in [-0.2, 0) is 16.1 Å². The molecule has 0 spiro atoms. The lowest BCUT2D eigenvalue weighted by Gasteiger charge is -2.08. The van der Waals surface area contributed by atoms with E-state index in [-0.39, 0.29) is 23.0 Å². The molecule has 0 aliphatic heterocycles. The van der Waals surface area contributed by atoms with Gasteiger partial charge in [-0.2, -0.15) is 5.10 Å². The van der Waals surface area contributed by atoms with E-state index in [1.807, 2.05) is 0 Å². The molecule has 100 valence electrons. The molecule has 0 unspecified atom stereocenters. The molecule has 0 aromatic carbocycles. The molecule has 0 bridgehead atoms. The van der Waals surface area contributed by atoms with Gasteiger partial charge in [0.15, 0.2) is 0 Å². The summed E-state index contributed by atoms with van der Waals surface area (Å²) in [5.41, 5.74) is 0.0796. The van der Waals surface area contributed by atoms with Crippen molar-refractivity contribution in [2.75, 3.05) is 18.5 Å². The van der Waals surface area contributed by atoms with Crippen molar-refractivity contribution < 1.29 is 9.53 Å².